The fraction of sp³-hybridized carbons (Fsp3) is 0.938. The van der Waals surface area contributed by atoms with Crippen LogP contribution in [0.1, 0.15) is 38.5 Å². The van der Waals surface area contributed by atoms with Gasteiger partial charge in [-0.05, 0) is 39.8 Å². The first-order chi connectivity index (χ1) is 10.5. The number of likely N-dealkylation sites (N-methyl/N-ethyl adjacent to an activating group) is 1. The van der Waals surface area contributed by atoms with Crippen LogP contribution < -0.4 is 10.6 Å². The molecule has 0 aromatic carbocycles. The number of rotatable bonds is 6. The summed E-state index contributed by atoms with van der Waals surface area (Å²) in [5.74, 6) is 0. The van der Waals surface area contributed by atoms with E-state index in [1.807, 2.05) is 0 Å². The highest BCUT2D eigenvalue weighted by Crippen LogP contribution is 2.28. The van der Waals surface area contributed by atoms with Gasteiger partial charge in [-0.1, -0.05) is 12.8 Å². The van der Waals surface area contributed by atoms with E-state index in [1.165, 1.54) is 0 Å². The molecular formula is C16H32N4O2. The Bertz CT molecular complexity index is 348. The van der Waals surface area contributed by atoms with Gasteiger partial charge in [-0.3, -0.25) is 0 Å². The largest absolute Gasteiger partial charge is 0.388 e. The Morgan fingerprint density at radius 3 is 2.50 bits per heavy atom. The number of carbonyl (C=O) groups is 1. The van der Waals surface area contributed by atoms with Crippen molar-refractivity contribution in [1.29, 1.82) is 0 Å². The number of hydrogen-bond acceptors (Lipinski definition) is 4. The highest BCUT2D eigenvalue weighted by Gasteiger charge is 2.31. The second-order valence-electron chi connectivity index (χ2n) is 7.18. The monoisotopic (exact) mass is 312 g/mol. The predicted octanol–water partition coefficient (Wildman–Crippen LogP) is 0.617. The van der Waals surface area contributed by atoms with E-state index in [9.17, 15) is 9.90 Å². The highest BCUT2D eigenvalue weighted by atomic mass is 16.3. The van der Waals surface area contributed by atoms with Crippen LogP contribution in [0.25, 0.3) is 0 Å². The van der Waals surface area contributed by atoms with Crippen molar-refractivity contribution >= 4 is 6.03 Å². The van der Waals surface area contributed by atoms with Crippen molar-refractivity contribution in [3.8, 4) is 0 Å². The number of amides is 2. The lowest BCUT2D eigenvalue weighted by atomic mass is 10.0. The van der Waals surface area contributed by atoms with Crippen molar-refractivity contribution in [2.24, 2.45) is 0 Å². The number of hydrogen-bond donors (Lipinski definition) is 3. The molecule has 0 atom stereocenters. The molecule has 6 heteroatoms. The smallest absolute Gasteiger partial charge is 0.315 e. The van der Waals surface area contributed by atoms with E-state index in [0.717, 1.165) is 64.7 Å². The maximum absolute atomic E-state index is 12.0. The van der Waals surface area contributed by atoms with Gasteiger partial charge in [0, 0.05) is 38.8 Å². The van der Waals surface area contributed by atoms with E-state index in [2.05, 4.69) is 34.5 Å². The molecule has 1 saturated heterocycles. The number of likely N-dealkylation sites (tertiary alicyclic amines) is 1. The first-order valence-electron chi connectivity index (χ1n) is 8.61. The van der Waals surface area contributed by atoms with Crippen LogP contribution in [0.15, 0.2) is 0 Å². The summed E-state index contributed by atoms with van der Waals surface area (Å²) in [6, 6.07) is 0.126. The molecule has 2 amide bonds. The average molecular weight is 312 g/mol. The molecule has 2 rings (SSSR count). The third kappa shape index (κ3) is 5.74. The van der Waals surface area contributed by atoms with Crippen molar-refractivity contribution in [2.75, 3.05) is 46.8 Å². The third-order valence-corrected chi connectivity index (χ3v) is 4.90. The van der Waals surface area contributed by atoms with Crippen molar-refractivity contribution in [1.82, 2.24) is 20.4 Å². The van der Waals surface area contributed by atoms with Crippen LogP contribution in [0.4, 0.5) is 4.79 Å². The topological polar surface area (TPSA) is 67.8 Å². The van der Waals surface area contributed by atoms with Crippen molar-refractivity contribution in [3.05, 3.63) is 0 Å². The highest BCUT2D eigenvalue weighted by molar-refractivity contribution is 5.74. The van der Waals surface area contributed by atoms with Gasteiger partial charge in [0.2, 0.25) is 0 Å². The van der Waals surface area contributed by atoms with Gasteiger partial charge in [0.1, 0.15) is 0 Å². The Morgan fingerprint density at radius 2 is 1.91 bits per heavy atom. The zero-order chi connectivity index (χ0) is 16.0. The molecule has 2 fully saturated rings. The Balaban J connectivity index is 1.60. The molecule has 6 nitrogen and oxygen atoms in total. The third-order valence-electron chi connectivity index (χ3n) is 4.90. The van der Waals surface area contributed by atoms with Gasteiger partial charge in [-0.15, -0.1) is 0 Å². The summed E-state index contributed by atoms with van der Waals surface area (Å²) in [4.78, 5) is 16.6. The maximum atomic E-state index is 12.0. The molecule has 3 N–H and O–H groups in total. The minimum Gasteiger partial charge on any atom is -0.388 e. The van der Waals surface area contributed by atoms with Crippen LogP contribution in [0.3, 0.4) is 0 Å². The summed E-state index contributed by atoms with van der Waals surface area (Å²) in [7, 11) is 4.19. The maximum Gasteiger partial charge on any atom is 0.315 e. The zero-order valence-electron chi connectivity index (χ0n) is 14.1. The fourth-order valence-electron chi connectivity index (χ4n) is 3.33. The Labute approximate surface area is 134 Å². The van der Waals surface area contributed by atoms with Crippen molar-refractivity contribution in [3.63, 3.8) is 0 Å². The van der Waals surface area contributed by atoms with E-state index >= 15 is 0 Å². The van der Waals surface area contributed by atoms with Gasteiger partial charge in [-0.25, -0.2) is 4.79 Å². The zero-order valence-corrected chi connectivity index (χ0v) is 14.1. The summed E-state index contributed by atoms with van der Waals surface area (Å²) >= 11 is 0. The molecule has 0 unspecified atom stereocenters. The number of nitrogens with zero attached hydrogens (tertiary/aromatic N) is 2. The van der Waals surface area contributed by atoms with E-state index in [-0.39, 0.29) is 12.1 Å². The lowest BCUT2D eigenvalue weighted by Gasteiger charge is -2.33. The number of piperidine rings is 1. The molecule has 0 bridgehead atoms. The number of urea groups is 1. The second kappa shape index (κ2) is 8.13. The van der Waals surface area contributed by atoms with Crippen LogP contribution in [-0.4, -0.2) is 79.4 Å². The fourth-order valence-corrected chi connectivity index (χ4v) is 3.33. The summed E-state index contributed by atoms with van der Waals surface area (Å²) in [6.07, 6.45) is 5.74. The summed E-state index contributed by atoms with van der Waals surface area (Å²) in [6.45, 7) is 4.64. The minimum atomic E-state index is -0.674. The summed E-state index contributed by atoms with van der Waals surface area (Å²) in [5, 5.41) is 16.1. The number of carbonyl (C=O) groups excluding carboxylic acids is 1. The normalized spacial score (nSPS) is 22.9. The number of nitrogens with one attached hydrogen (secondary N) is 2. The quantitative estimate of drug-likeness (QED) is 0.672. The Morgan fingerprint density at radius 1 is 1.27 bits per heavy atom. The molecule has 0 aromatic heterocycles. The molecule has 22 heavy (non-hydrogen) atoms. The first kappa shape index (κ1) is 17.5. The van der Waals surface area contributed by atoms with Gasteiger partial charge < -0.3 is 25.5 Å². The van der Waals surface area contributed by atoms with Gasteiger partial charge in [-0.2, -0.15) is 0 Å². The van der Waals surface area contributed by atoms with Crippen LogP contribution in [0.2, 0.25) is 0 Å². The van der Waals surface area contributed by atoms with Gasteiger partial charge in [0.15, 0.2) is 0 Å². The van der Waals surface area contributed by atoms with Crippen LogP contribution in [0, 0.1) is 0 Å². The molecule has 0 spiro atoms. The van der Waals surface area contributed by atoms with E-state index in [4.69, 9.17) is 0 Å². The predicted molar refractivity (Wildman–Crippen MR) is 88.0 cm³/mol. The molecule has 1 aliphatic heterocycles. The van der Waals surface area contributed by atoms with Gasteiger partial charge >= 0.3 is 6.03 Å². The molecular weight excluding hydrogens is 280 g/mol. The van der Waals surface area contributed by atoms with Crippen LogP contribution in [0.5, 0.6) is 0 Å². The van der Waals surface area contributed by atoms with Gasteiger partial charge in [0.05, 0.1) is 5.60 Å². The molecule has 0 aromatic rings. The SMILES string of the molecule is CN(C)CCN1CCC(NC(=O)NCC2(O)CCCC2)CC1. The first-order valence-corrected chi connectivity index (χ1v) is 8.61. The van der Waals surface area contributed by atoms with Gasteiger partial charge in [0.25, 0.3) is 0 Å². The minimum absolute atomic E-state index is 0.132. The van der Waals surface area contributed by atoms with E-state index < -0.39 is 5.60 Å². The second-order valence-corrected chi connectivity index (χ2v) is 7.18. The summed E-state index contributed by atoms with van der Waals surface area (Å²) in [5.41, 5.74) is -0.674. The average Bonchev–Trinajstić information content (AvgIpc) is 2.92. The Kier molecular flexibility index (Phi) is 6.47. The van der Waals surface area contributed by atoms with E-state index in [0.29, 0.717) is 6.54 Å². The van der Waals surface area contributed by atoms with Crippen molar-refractivity contribution < 1.29 is 9.90 Å². The molecule has 0 radical (unpaired) electrons. The lowest BCUT2D eigenvalue weighted by molar-refractivity contribution is 0.0498. The Hall–Kier alpha value is -0.850. The molecule has 1 aliphatic carbocycles. The van der Waals surface area contributed by atoms with Crippen LogP contribution >= 0.6 is 0 Å². The van der Waals surface area contributed by atoms with E-state index in [1.54, 1.807) is 0 Å². The van der Waals surface area contributed by atoms with Crippen LogP contribution in [-0.2, 0) is 0 Å². The van der Waals surface area contributed by atoms with Crippen molar-refractivity contribution in [2.45, 2.75) is 50.2 Å². The molecule has 1 saturated carbocycles. The standard InChI is InChI=1S/C16H32N4O2/c1-19(2)11-12-20-9-5-14(6-10-20)18-15(21)17-13-16(22)7-3-4-8-16/h14,22H,3-13H2,1-2H3,(H2,17,18,21). The lowest BCUT2D eigenvalue weighted by Crippen LogP contribution is -2.51. The molecule has 1 heterocycles. The number of aliphatic hydroxyl groups is 1. The molecule has 128 valence electrons. The molecule has 2 aliphatic rings. The summed E-state index contributed by atoms with van der Waals surface area (Å²) < 4.78 is 0.